The summed E-state index contributed by atoms with van der Waals surface area (Å²) in [5.41, 5.74) is 2.48. The van der Waals surface area contributed by atoms with Gasteiger partial charge in [0, 0.05) is 37.2 Å². The average molecular weight is 336 g/mol. The maximum absolute atomic E-state index is 4.58. The fraction of sp³-hybridized carbons (Fsp3) is 0.421. The third-order valence-corrected chi connectivity index (χ3v) is 4.69. The standard InChI is InChI=1S/C19H24N6/c1-2-18-22-19-9-8-17(14-25(19)23-18)20-10-16-11-21-24(13-16)12-15-6-4-3-5-7-15/h3-7,11,13,17,20H,2,8-10,12,14H2,1H3/t17-/m0/s1. The van der Waals surface area contributed by atoms with Gasteiger partial charge in [-0.15, -0.1) is 0 Å². The summed E-state index contributed by atoms with van der Waals surface area (Å²) >= 11 is 0. The molecular weight excluding hydrogens is 312 g/mol. The molecule has 0 saturated heterocycles. The van der Waals surface area contributed by atoms with Crippen molar-refractivity contribution in [3.8, 4) is 0 Å². The molecule has 3 heterocycles. The Morgan fingerprint density at radius 1 is 1.20 bits per heavy atom. The van der Waals surface area contributed by atoms with Crippen LogP contribution < -0.4 is 5.32 Å². The minimum atomic E-state index is 0.441. The molecule has 6 heteroatoms. The zero-order valence-electron chi connectivity index (χ0n) is 14.6. The average Bonchev–Trinajstić information content (AvgIpc) is 3.26. The Hall–Kier alpha value is -2.47. The van der Waals surface area contributed by atoms with Crippen molar-refractivity contribution < 1.29 is 0 Å². The van der Waals surface area contributed by atoms with E-state index in [-0.39, 0.29) is 0 Å². The molecule has 0 spiro atoms. The van der Waals surface area contributed by atoms with Crippen LogP contribution in [0.25, 0.3) is 0 Å². The van der Waals surface area contributed by atoms with Gasteiger partial charge >= 0.3 is 0 Å². The molecule has 0 fully saturated rings. The van der Waals surface area contributed by atoms with Crippen LogP contribution in [0, 0.1) is 0 Å². The smallest absolute Gasteiger partial charge is 0.150 e. The van der Waals surface area contributed by atoms with Crippen molar-refractivity contribution in [2.45, 2.75) is 51.9 Å². The zero-order chi connectivity index (χ0) is 17.1. The Bertz CT molecular complexity index is 820. The molecule has 130 valence electrons. The van der Waals surface area contributed by atoms with E-state index in [1.165, 1.54) is 11.1 Å². The molecule has 1 atom stereocenters. The van der Waals surface area contributed by atoms with E-state index in [0.717, 1.165) is 50.5 Å². The van der Waals surface area contributed by atoms with Crippen molar-refractivity contribution >= 4 is 0 Å². The van der Waals surface area contributed by atoms with Gasteiger partial charge in [0.15, 0.2) is 5.82 Å². The zero-order valence-corrected chi connectivity index (χ0v) is 14.6. The maximum Gasteiger partial charge on any atom is 0.150 e. The molecule has 3 aromatic rings. The van der Waals surface area contributed by atoms with Crippen molar-refractivity contribution in [2.75, 3.05) is 0 Å². The lowest BCUT2D eigenvalue weighted by Crippen LogP contribution is -2.37. The van der Waals surface area contributed by atoms with Gasteiger partial charge in [-0.05, 0) is 12.0 Å². The fourth-order valence-corrected chi connectivity index (χ4v) is 3.29. The van der Waals surface area contributed by atoms with E-state index in [0.29, 0.717) is 6.04 Å². The minimum absolute atomic E-state index is 0.441. The first-order chi connectivity index (χ1) is 12.3. The summed E-state index contributed by atoms with van der Waals surface area (Å²) in [6.07, 6.45) is 7.09. The van der Waals surface area contributed by atoms with Gasteiger partial charge in [0.2, 0.25) is 0 Å². The molecule has 0 unspecified atom stereocenters. The van der Waals surface area contributed by atoms with E-state index in [1.54, 1.807) is 0 Å². The van der Waals surface area contributed by atoms with Crippen molar-refractivity contribution in [1.82, 2.24) is 29.9 Å². The first-order valence-electron chi connectivity index (χ1n) is 9.01. The van der Waals surface area contributed by atoms with Crippen LogP contribution in [0.5, 0.6) is 0 Å². The molecule has 0 amide bonds. The number of aromatic nitrogens is 5. The highest BCUT2D eigenvalue weighted by molar-refractivity contribution is 5.15. The summed E-state index contributed by atoms with van der Waals surface area (Å²) < 4.78 is 4.06. The van der Waals surface area contributed by atoms with Gasteiger partial charge in [0.1, 0.15) is 5.82 Å². The van der Waals surface area contributed by atoms with E-state index < -0.39 is 0 Å². The molecule has 0 bridgehead atoms. The van der Waals surface area contributed by atoms with Crippen LogP contribution in [-0.4, -0.2) is 30.6 Å². The summed E-state index contributed by atoms with van der Waals surface area (Å²) in [4.78, 5) is 4.58. The number of rotatable bonds is 6. The van der Waals surface area contributed by atoms with Gasteiger partial charge in [-0.2, -0.15) is 10.2 Å². The molecule has 1 aromatic carbocycles. The predicted octanol–water partition coefficient (Wildman–Crippen LogP) is 2.19. The molecule has 1 aliphatic heterocycles. The molecule has 1 N–H and O–H groups in total. The first-order valence-corrected chi connectivity index (χ1v) is 9.01. The molecule has 0 radical (unpaired) electrons. The second-order valence-electron chi connectivity index (χ2n) is 6.63. The van der Waals surface area contributed by atoms with Crippen LogP contribution in [0.15, 0.2) is 42.7 Å². The highest BCUT2D eigenvalue weighted by Gasteiger charge is 2.20. The molecule has 25 heavy (non-hydrogen) atoms. The van der Waals surface area contributed by atoms with Crippen LogP contribution in [0.2, 0.25) is 0 Å². The normalized spacial score (nSPS) is 16.8. The van der Waals surface area contributed by atoms with Gasteiger partial charge in [-0.3, -0.25) is 4.68 Å². The third kappa shape index (κ3) is 3.79. The lowest BCUT2D eigenvalue weighted by atomic mass is 10.1. The van der Waals surface area contributed by atoms with Gasteiger partial charge < -0.3 is 5.32 Å². The predicted molar refractivity (Wildman–Crippen MR) is 96.1 cm³/mol. The molecule has 2 aromatic heterocycles. The fourth-order valence-electron chi connectivity index (χ4n) is 3.29. The Balaban J connectivity index is 1.32. The number of benzene rings is 1. The van der Waals surface area contributed by atoms with E-state index in [1.807, 2.05) is 16.9 Å². The molecule has 1 aliphatic rings. The monoisotopic (exact) mass is 336 g/mol. The van der Waals surface area contributed by atoms with E-state index in [9.17, 15) is 0 Å². The Kier molecular flexibility index (Phi) is 4.61. The molecule has 0 saturated carbocycles. The highest BCUT2D eigenvalue weighted by atomic mass is 15.4. The van der Waals surface area contributed by atoms with Crippen LogP contribution in [0.3, 0.4) is 0 Å². The lowest BCUT2D eigenvalue weighted by molar-refractivity contribution is 0.357. The van der Waals surface area contributed by atoms with Crippen LogP contribution in [-0.2, 0) is 32.5 Å². The lowest BCUT2D eigenvalue weighted by Gasteiger charge is -2.23. The SMILES string of the molecule is CCc1nc2n(n1)C[C@@H](NCc1cnn(Cc3ccccc3)c1)CC2. The highest BCUT2D eigenvalue weighted by Crippen LogP contribution is 2.14. The van der Waals surface area contributed by atoms with Gasteiger partial charge in [0.25, 0.3) is 0 Å². The van der Waals surface area contributed by atoms with Crippen molar-refractivity contribution in [3.63, 3.8) is 0 Å². The minimum Gasteiger partial charge on any atom is -0.308 e. The largest absolute Gasteiger partial charge is 0.308 e. The Labute approximate surface area is 147 Å². The molecule has 4 rings (SSSR count). The van der Waals surface area contributed by atoms with Crippen LogP contribution in [0.4, 0.5) is 0 Å². The third-order valence-electron chi connectivity index (χ3n) is 4.69. The van der Waals surface area contributed by atoms with Gasteiger partial charge in [-0.25, -0.2) is 9.67 Å². The number of hydrogen-bond donors (Lipinski definition) is 1. The van der Waals surface area contributed by atoms with Crippen LogP contribution >= 0.6 is 0 Å². The Morgan fingerprint density at radius 3 is 2.92 bits per heavy atom. The number of hydrogen-bond acceptors (Lipinski definition) is 4. The summed E-state index contributed by atoms with van der Waals surface area (Å²) in [5.74, 6) is 2.09. The second kappa shape index (κ2) is 7.19. The molecule has 0 aliphatic carbocycles. The van der Waals surface area contributed by atoms with Crippen molar-refractivity contribution in [3.05, 3.63) is 65.5 Å². The van der Waals surface area contributed by atoms with E-state index in [2.05, 4.69) is 62.6 Å². The first kappa shape index (κ1) is 16.0. The molecular formula is C19H24N6. The Morgan fingerprint density at radius 2 is 2.08 bits per heavy atom. The van der Waals surface area contributed by atoms with Gasteiger partial charge in [-0.1, -0.05) is 37.3 Å². The summed E-state index contributed by atoms with van der Waals surface area (Å²) in [5, 5.41) is 12.7. The quantitative estimate of drug-likeness (QED) is 0.750. The number of aryl methyl sites for hydroxylation is 2. The summed E-state index contributed by atoms with van der Waals surface area (Å²) in [6.45, 7) is 4.65. The van der Waals surface area contributed by atoms with Crippen molar-refractivity contribution in [1.29, 1.82) is 0 Å². The topological polar surface area (TPSA) is 60.6 Å². The summed E-state index contributed by atoms with van der Waals surface area (Å²) in [6, 6.07) is 10.9. The second-order valence-corrected chi connectivity index (χ2v) is 6.63. The van der Waals surface area contributed by atoms with Gasteiger partial charge in [0.05, 0.1) is 19.3 Å². The number of nitrogens with one attached hydrogen (secondary N) is 1. The van der Waals surface area contributed by atoms with E-state index >= 15 is 0 Å². The number of nitrogens with zero attached hydrogens (tertiary/aromatic N) is 5. The van der Waals surface area contributed by atoms with Crippen molar-refractivity contribution in [2.24, 2.45) is 0 Å². The summed E-state index contributed by atoms with van der Waals surface area (Å²) in [7, 11) is 0. The van der Waals surface area contributed by atoms with Crippen LogP contribution in [0.1, 0.15) is 36.1 Å². The number of fused-ring (bicyclic) bond motifs is 1. The van der Waals surface area contributed by atoms with E-state index in [4.69, 9.17) is 0 Å². The molecule has 6 nitrogen and oxygen atoms in total. The maximum atomic E-state index is 4.58.